The number of anilines is 1. The van der Waals surface area contributed by atoms with Crippen LogP contribution in [0.2, 0.25) is 0 Å². The molecule has 5 rings (SSSR count). The van der Waals surface area contributed by atoms with Gasteiger partial charge in [-0.2, -0.15) is 5.21 Å². The van der Waals surface area contributed by atoms with Crippen LogP contribution in [0.5, 0.6) is 0 Å². The van der Waals surface area contributed by atoms with E-state index < -0.39 is 0 Å². The van der Waals surface area contributed by atoms with Gasteiger partial charge in [-0.1, -0.05) is 90.0 Å². The highest BCUT2D eigenvalue weighted by Gasteiger charge is 2.16. The number of rotatable bonds is 7. The molecule has 0 radical (unpaired) electrons. The molecular weight excluding hydrogens is 432 g/mol. The third-order valence-electron chi connectivity index (χ3n) is 5.15. The predicted molar refractivity (Wildman–Crippen MR) is 130 cm³/mol. The van der Waals surface area contributed by atoms with Crippen molar-refractivity contribution < 1.29 is 4.79 Å². The number of hydrogen-bond acceptors (Lipinski definition) is 6. The van der Waals surface area contributed by atoms with Crippen molar-refractivity contribution in [3.05, 3.63) is 90.5 Å². The Morgan fingerprint density at radius 3 is 2.21 bits per heavy atom. The van der Waals surface area contributed by atoms with Crippen LogP contribution >= 0.6 is 11.3 Å². The molecule has 0 aliphatic carbocycles. The summed E-state index contributed by atoms with van der Waals surface area (Å²) < 4.78 is 0. The molecule has 2 heterocycles. The van der Waals surface area contributed by atoms with Gasteiger partial charge in [-0.25, -0.2) is 4.98 Å². The molecule has 0 aliphatic heterocycles. The second-order valence-corrected chi connectivity index (χ2v) is 8.41. The van der Waals surface area contributed by atoms with Gasteiger partial charge in [0.25, 0.3) is 5.95 Å². The number of hydrogen-bond donors (Lipinski definition) is 2. The smallest absolute Gasteiger partial charge is 0.269 e. The predicted octanol–water partition coefficient (Wildman–Crippen LogP) is 5.23. The standard InChI is InChI=1S/C25H20N6OS/c32-21(26-25-28-30-31-29-25)16-13-17-11-14-20(15-12-17)24-27-22(18-7-3-1-4-8-18)23(33-24)19-9-5-2-6-10-19/h1-12,14-15H,13,16H2,(H2,26,28,29,30,31,32). The number of nitrogens with zero attached hydrogens (tertiary/aromatic N) is 4. The topological polar surface area (TPSA) is 96.5 Å². The Kier molecular flexibility index (Phi) is 5.99. The van der Waals surface area contributed by atoms with E-state index in [1.807, 2.05) is 48.5 Å². The van der Waals surface area contributed by atoms with Gasteiger partial charge in [-0.15, -0.1) is 16.4 Å². The third-order valence-corrected chi connectivity index (χ3v) is 6.30. The largest absolute Gasteiger partial charge is 0.292 e. The van der Waals surface area contributed by atoms with Crippen LogP contribution in [0, 0.1) is 0 Å². The fraction of sp³-hybridized carbons (Fsp3) is 0.0800. The Labute approximate surface area is 194 Å². The van der Waals surface area contributed by atoms with Crippen LogP contribution in [0.3, 0.4) is 0 Å². The molecule has 5 aromatic rings. The monoisotopic (exact) mass is 452 g/mol. The fourth-order valence-electron chi connectivity index (χ4n) is 3.49. The second-order valence-electron chi connectivity index (χ2n) is 7.41. The van der Waals surface area contributed by atoms with E-state index in [-0.39, 0.29) is 11.9 Å². The minimum absolute atomic E-state index is 0.152. The molecule has 2 aromatic heterocycles. The first-order valence-corrected chi connectivity index (χ1v) is 11.3. The lowest BCUT2D eigenvalue weighted by atomic mass is 10.1. The first kappa shape index (κ1) is 20.7. The van der Waals surface area contributed by atoms with Crippen molar-refractivity contribution in [3.8, 4) is 32.3 Å². The van der Waals surface area contributed by atoms with Crippen LogP contribution in [0.15, 0.2) is 84.9 Å². The maximum Gasteiger partial charge on any atom is 0.269 e. The Morgan fingerprint density at radius 2 is 1.55 bits per heavy atom. The van der Waals surface area contributed by atoms with Gasteiger partial charge in [0.2, 0.25) is 5.91 Å². The van der Waals surface area contributed by atoms with Crippen molar-refractivity contribution in [2.45, 2.75) is 12.8 Å². The first-order chi connectivity index (χ1) is 16.3. The molecule has 7 nitrogen and oxygen atoms in total. The maximum atomic E-state index is 12.0. The molecule has 0 bridgehead atoms. The summed E-state index contributed by atoms with van der Waals surface area (Å²) in [5, 5.41) is 16.8. The van der Waals surface area contributed by atoms with E-state index in [9.17, 15) is 4.79 Å². The van der Waals surface area contributed by atoms with Crippen LogP contribution < -0.4 is 5.32 Å². The number of thiazole rings is 1. The molecule has 0 spiro atoms. The van der Waals surface area contributed by atoms with Crippen molar-refractivity contribution in [1.29, 1.82) is 0 Å². The molecule has 0 fully saturated rings. The average molecular weight is 453 g/mol. The number of aryl methyl sites for hydroxylation is 1. The Bertz CT molecular complexity index is 1280. The van der Waals surface area contributed by atoms with Crippen LogP contribution in [0.4, 0.5) is 5.95 Å². The van der Waals surface area contributed by atoms with E-state index in [0.717, 1.165) is 37.8 Å². The maximum absolute atomic E-state index is 12.0. The van der Waals surface area contributed by atoms with Crippen molar-refractivity contribution in [3.63, 3.8) is 0 Å². The normalized spacial score (nSPS) is 10.8. The summed E-state index contributed by atoms with van der Waals surface area (Å²) in [6, 6.07) is 28.8. The molecule has 162 valence electrons. The van der Waals surface area contributed by atoms with Crippen molar-refractivity contribution in [1.82, 2.24) is 25.6 Å². The summed E-state index contributed by atoms with van der Waals surface area (Å²) in [5.41, 5.74) is 5.38. The van der Waals surface area contributed by atoms with Crippen LogP contribution in [-0.4, -0.2) is 31.5 Å². The van der Waals surface area contributed by atoms with E-state index in [2.05, 4.69) is 62.3 Å². The zero-order chi connectivity index (χ0) is 22.5. The molecule has 8 heteroatoms. The molecule has 33 heavy (non-hydrogen) atoms. The number of benzene rings is 3. The zero-order valence-corrected chi connectivity index (χ0v) is 18.4. The molecule has 0 saturated heterocycles. The molecule has 2 N–H and O–H groups in total. The van der Waals surface area contributed by atoms with E-state index in [1.165, 1.54) is 0 Å². The van der Waals surface area contributed by atoms with Gasteiger partial charge in [-0.05, 0) is 22.8 Å². The van der Waals surface area contributed by atoms with Crippen LogP contribution in [0.25, 0.3) is 32.3 Å². The number of aromatic amines is 1. The highest BCUT2D eigenvalue weighted by Crippen LogP contribution is 2.40. The molecule has 1 amide bonds. The van der Waals surface area contributed by atoms with Crippen LogP contribution in [-0.2, 0) is 11.2 Å². The van der Waals surface area contributed by atoms with Gasteiger partial charge >= 0.3 is 0 Å². The van der Waals surface area contributed by atoms with Crippen molar-refractivity contribution in [2.75, 3.05) is 5.32 Å². The number of H-pyrrole nitrogens is 1. The number of carbonyl (C=O) groups excluding carboxylic acids is 1. The third kappa shape index (κ3) is 4.86. The summed E-state index contributed by atoms with van der Waals surface area (Å²) in [6.45, 7) is 0. The number of amides is 1. The second kappa shape index (κ2) is 9.54. The number of tetrazole rings is 1. The van der Waals surface area contributed by atoms with Gasteiger partial charge in [0, 0.05) is 17.5 Å². The molecule has 0 saturated carbocycles. The zero-order valence-electron chi connectivity index (χ0n) is 17.6. The van der Waals surface area contributed by atoms with Gasteiger partial charge in [0.1, 0.15) is 5.01 Å². The van der Waals surface area contributed by atoms with Crippen LogP contribution in [0.1, 0.15) is 12.0 Å². The summed E-state index contributed by atoms with van der Waals surface area (Å²) in [4.78, 5) is 18.2. The lowest BCUT2D eigenvalue weighted by Crippen LogP contribution is -2.13. The summed E-state index contributed by atoms with van der Waals surface area (Å²) >= 11 is 1.69. The average Bonchev–Trinajstić information content (AvgIpc) is 3.55. The number of aromatic nitrogens is 5. The minimum atomic E-state index is -0.152. The first-order valence-electron chi connectivity index (χ1n) is 10.5. The highest BCUT2D eigenvalue weighted by atomic mass is 32.1. The fourth-order valence-corrected chi connectivity index (χ4v) is 4.59. The van der Waals surface area contributed by atoms with Crippen molar-refractivity contribution >= 4 is 23.2 Å². The molecule has 0 unspecified atom stereocenters. The highest BCUT2D eigenvalue weighted by molar-refractivity contribution is 7.19. The molecule has 3 aromatic carbocycles. The molecule has 0 aliphatic rings. The quantitative estimate of drug-likeness (QED) is 0.353. The molecular formula is C25H20N6OS. The lowest BCUT2D eigenvalue weighted by Gasteiger charge is -2.03. The van der Waals surface area contributed by atoms with E-state index >= 15 is 0 Å². The summed E-state index contributed by atoms with van der Waals surface area (Å²) in [7, 11) is 0. The van der Waals surface area contributed by atoms with Gasteiger partial charge in [-0.3, -0.25) is 10.1 Å². The van der Waals surface area contributed by atoms with Gasteiger partial charge in [0.05, 0.1) is 10.6 Å². The van der Waals surface area contributed by atoms with E-state index in [4.69, 9.17) is 4.98 Å². The summed E-state index contributed by atoms with van der Waals surface area (Å²) in [5.74, 6) is 0.0305. The van der Waals surface area contributed by atoms with Gasteiger partial charge in [0.15, 0.2) is 0 Å². The Morgan fingerprint density at radius 1 is 0.848 bits per heavy atom. The molecule has 0 atom stereocenters. The van der Waals surface area contributed by atoms with E-state index in [1.54, 1.807) is 11.3 Å². The Hall–Kier alpha value is -4.17. The van der Waals surface area contributed by atoms with E-state index in [0.29, 0.717) is 12.8 Å². The Balaban J connectivity index is 1.36. The number of carbonyl (C=O) groups is 1. The number of nitrogens with one attached hydrogen (secondary N) is 2. The SMILES string of the molecule is O=C(CCc1ccc(-c2nc(-c3ccccc3)c(-c3ccccc3)s2)cc1)Nc1nn[nH]n1. The minimum Gasteiger partial charge on any atom is -0.292 e. The lowest BCUT2D eigenvalue weighted by molar-refractivity contribution is -0.116. The summed E-state index contributed by atoms with van der Waals surface area (Å²) in [6.07, 6.45) is 0.952. The van der Waals surface area contributed by atoms with Gasteiger partial charge < -0.3 is 0 Å². The van der Waals surface area contributed by atoms with Crippen molar-refractivity contribution in [2.24, 2.45) is 0 Å².